The Morgan fingerprint density at radius 3 is 2.68 bits per heavy atom. The van der Waals surface area contributed by atoms with Crippen molar-refractivity contribution in [3.8, 4) is 0 Å². The first kappa shape index (κ1) is 15.6. The fraction of sp³-hybridized carbons (Fsp3) is 0.722. The van der Waals surface area contributed by atoms with Crippen LogP contribution in [-0.4, -0.2) is 40.9 Å². The molecule has 1 unspecified atom stereocenters. The third kappa shape index (κ3) is 2.81. The van der Waals surface area contributed by atoms with Gasteiger partial charge in [0.05, 0.1) is 6.10 Å². The lowest BCUT2D eigenvalue weighted by Crippen LogP contribution is -2.45. The molecule has 0 aromatic carbocycles. The number of fused-ring (bicyclic) bond motifs is 1. The summed E-state index contributed by atoms with van der Waals surface area (Å²) in [5.74, 6) is 0. The van der Waals surface area contributed by atoms with Gasteiger partial charge in [0.15, 0.2) is 0 Å². The lowest BCUT2D eigenvalue weighted by Gasteiger charge is -2.41. The Bertz CT molecular complexity index is 519. The molecule has 0 radical (unpaired) electrons. The van der Waals surface area contributed by atoms with Crippen LogP contribution in [0.15, 0.2) is 23.3 Å². The second kappa shape index (κ2) is 5.41. The summed E-state index contributed by atoms with van der Waals surface area (Å²) in [6.07, 6.45) is 8.64. The highest BCUT2D eigenvalue weighted by molar-refractivity contribution is 5.68. The number of piperidine rings is 1. The molecule has 3 rings (SSSR count). The summed E-state index contributed by atoms with van der Waals surface area (Å²) in [7, 11) is 0. The highest BCUT2D eigenvalue weighted by Crippen LogP contribution is 2.52. The van der Waals surface area contributed by atoms with Crippen LogP contribution in [0.25, 0.3) is 0 Å². The fourth-order valence-corrected chi connectivity index (χ4v) is 4.07. The van der Waals surface area contributed by atoms with Crippen LogP contribution in [0.4, 0.5) is 4.79 Å². The van der Waals surface area contributed by atoms with E-state index in [4.69, 9.17) is 4.74 Å². The van der Waals surface area contributed by atoms with Gasteiger partial charge in [-0.05, 0) is 64.0 Å². The maximum atomic E-state index is 12.2. The van der Waals surface area contributed by atoms with Gasteiger partial charge in [0.2, 0.25) is 0 Å². The zero-order valence-electron chi connectivity index (χ0n) is 13.9. The summed E-state index contributed by atoms with van der Waals surface area (Å²) >= 11 is 0. The first-order valence-electron chi connectivity index (χ1n) is 8.37. The van der Waals surface area contributed by atoms with Crippen LogP contribution in [0.5, 0.6) is 0 Å². The lowest BCUT2D eigenvalue weighted by atomic mass is 9.72. The summed E-state index contributed by atoms with van der Waals surface area (Å²) in [6.45, 7) is 7.12. The van der Waals surface area contributed by atoms with E-state index in [1.165, 1.54) is 11.1 Å². The average Bonchev–Trinajstić information content (AvgIpc) is 2.71. The molecule has 1 atom stereocenters. The van der Waals surface area contributed by atoms with Gasteiger partial charge in [0.1, 0.15) is 5.60 Å². The number of hydrogen-bond donors (Lipinski definition) is 1. The number of carbonyl (C=O) groups excluding carboxylic acids is 1. The van der Waals surface area contributed by atoms with Crippen molar-refractivity contribution < 1.29 is 14.6 Å². The van der Waals surface area contributed by atoms with Gasteiger partial charge in [-0.25, -0.2) is 4.79 Å². The molecular formula is C18H27NO3. The fourth-order valence-electron chi connectivity index (χ4n) is 4.07. The molecule has 122 valence electrons. The molecule has 1 saturated heterocycles. The molecular weight excluding hydrogens is 278 g/mol. The summed E-state index contributed by atoms with van der Waals surface area (Å²) < 4.78 is 5.47. The van der Waals surface area contributed by atoms with E-state index in [2.05, 4.69) is 12.2 Å². The second-order valence-corrected chi connectivity index (χ2v) is 7.85. The van der Waals surface area contributed by atoms with Crippen molar-refractivity contribution in [2.45, 2.75) is 64.6 Å². The van der Waals surface area contributed by atoms with Crippen molar-refractivity contribution in [2.24, 2.45) is 5.41 Å². The van der Waals surface area contributed by atoms with Gasteiger partial charge in [0, 0.05) is 18.5 Å². The Morgan fingerprint density at radius 1 is 1.36 bits per heavy atom. The molecule has 0 bridgehead atoms. The monoisotopic (exact) mass is 305 g/mol. The van der Waals surface area contributed by atoms with E-state index in [9.17, 15) is 9.90 Å². The molecule has 1 fully saturated rings. The van der Waals surface area contributed by atoms with Gasteiger partial charge in [-0.15, -0.1) is 0 Å². The smallest absolute Gasteiger partial charge is 0.410 e. The molecule has 4 heteroatoms. The van der Waals surface area contributed by atoms with Crippen molar-refractivity contribution in [2.75, 3.05) is 13.1 Å². The predicted molar refractivity (Wildman–Crippen MR) is 85.5 cm³/mol. The number of nitrogens with zero attached hydrogens (tertiary/aromatic N) is 1. The Labute approximate surface area is 132 Å². The van der Waals surface area contributed by atoms with E-state index in [1.54, 1.807) is 0 Å². The quantitative estimate of drug-likeness (QED) is 0.746. The van der Waals surface area contributed by atoms with Crippen LogP contribution in [-0.2, 0) is 4.74 Å². The molecule has 1 heterocycles. The van der Waals surface area contributed by atoms with Crippen LogP contribution in [0.3, 0.4) is 0 Å². The minimum Gasteiger partial charge on any atom is -0.444 e. The van der Waals surface area contributed by atoms with Crippen molar-refractivity contribution in [3.63, 3.8) is 0 Å². The molecule has 1 spiro atoms. The van der Waals surface area contributed by atoms with Crippen molar-refractivity contribution in [1.29, 1.82) is 0 Å². The maximum Gasteiger partial charge on any atom is 0.410 e. The zero-order valence-corrected chi connectivity index (χ0v) is 13.9. The Morgan fingerprint density at radius 2 is 2.05 bits per heavy atom. The first-order valence-corrected chi connectivity index (χ1v) is 8.37. The zero-order chi connectivity index (χ0) is 16.0. The minimum absolute atomic E-state index is 0.0736. The standard InChI is InChI=1S/C18H27NO3/c1-17(2,3)22-16(21)19-10-8-18(9-11-19)12-15(20)13-6-4-5-7-14(13)18/h5,7,15,20H,4,6,8-12H2,1-3H3. The Balaban J connectivity index is 1.68. The Kier molecular flexibility index (Phi) is 3.84. The normalized spacial score (nSPS) is 27.3. The van der Waals surface area contributed by atoms with Crippen LogP contribution < -0.4 is 0 Å². The van der Waals surface area contributed by atoms with Gasteiger partial charge in [-0.2, -0.15) is 0 Å². The van der Waals surface area contributed by atoms with Gasteiger partial charge in [-0.3, -0.25) is 0 Å². The Hall–Kier alpha value is -1.29. The third-order valence-electron chi connectivity index (χ3n) is 5.14. The van der Waals surface area contributed by atoms with Crippen LogP contribution in [0.1, 0.15) is 52.9 Å². The van der Waals surface area contributed by atoms with E-state index < -0.39 is 5.60 Å². The van der Waals surface area contributed by atoms with Gasteiger partial charge < -0.3 is 14.7 Å². The highest BCUT2D eigenvalue weighted by atomic mass is 16.6. The van der Waals surface area contributed by atoms with Crippen LogP contribution >= 0.6 is 0 Å². The highest BCUT2D eigenvalue weighted by Gasteiger charge is 2.46. The van der Waals surface area contributed by atoms with Gasteiger partial charge >= 0.3 is 6.09 Å². The van der Waals surface area contributed by atoms with Crippen molar-refractivity contribution in [1.82, 2.24) is 4.90 Å². The van der Waals surface area contributed by atoms with Crippen LogP contribution in [0.2, 0.25) is 0 Å². The number of carbonyl (C=O) groups is 1. The van der Waals surface area contributed by atoms with Crippen molar-refractivity contribution in [3.05, 3.63) is 23.3 Å². The number of hydrogen-bond acceptors (Lipinski definition) is 3. The molecule has 1 N–H and O–H groups in total. The minimum atomic E-state index is -0.447. The molecule has 3 aliphatic rings. The maximum absolute atomic E-state index is 12.2. The average molecular weight is 305 g/mol. The SMILES string of the molecule is CC(C)(C)OC(=O)N1CCC2(CC1)CC(O)C1=C2C=CCC1. The summed E-state index contributed by atoms with van der Waals surface area (Å²) in [6, 6.07) is 0. The number of rotatable bonds is 0. The molecule has 4 nitrogen and oxygen atoms in total. The summed E-state index contributed by atoms with van der Waals surface area (Å²) in [5, 5.41) is 10.4. The summed E-state index contributed by atoms with van der Waals surface area (Å²) in [5.41, 5.74) is 2.23. The van der Waals surface area contributed by atoms with Crippen LogP contribution in [0, 0.1) is 5.41 Å². The van der Waals surface area contributed by atoms with E-state index in [0.717, 1.165) is 32.1 Å². The number of amides is 1. The second-order valence-electron chi connectivity index (χ2n) is 7.85. The topological polar surface area (TPSA) is 49.8 Å². The molecule has 2 aliphatic carbocycles. The van der Waals surface area contributed by atoms with Gasteiger partial charge in [-0.1, -0.05) is 12.2 Å². The van der Waals surface area contributed by atoms with Gasteiger partial charge in [0.25, 0.3) is 0 Å². The number of aliphatic hydroxyl groups excluding tert-OH is 1. The summed E-state index contributed by atoms with van der Waals surface area (Å²) in [4.78, 5) is 14.0. The van der Waals surface area contributed by atoms with E-state index in [0.29, 0.717) is 13.1 Å². The number of aliphatic hydroxyl groups is 1. The number of ether oxygens (including phenoxy) is 1. The third-order valence-corrected chi connectivity index (χ3v) is 5.14. The van der Waals surface area contributed by atoms with E-state index >= 15 is 0 Å². The molecule has 0 aromatic heterocycles. The number of allylic oxidation sites excluding steroid dienone is 3. The van der Waals surface area contributed by atoms with E-state index in [1.807, 2.05) is 25.7 Å². The number of likely N-dealkylation sites (tertiary alicyclic amines) is 1. The lowest BCUT2D eigenvalue weighted by molar-refractivity contribution is 0.0118. The molecule has 1 amide bonds. The van der Waals surface area contributed by atoms with Crippen molar-refractivity contribution >= 4 is 6.09 Å². The molecule has 0 saturated carbocycles. The molecule has 22 heavy (non-hydrogen) atoms. The predicted octanol–water partition coefficient (Wildman–Crippen LogP) is 3.41. The largest absolute Gasteiger partial charge is 0.444 e. The molecule has 1 aliphatic heterocycles. The first-order chi connectivity index (χ1) is 10.3. The van der Waals surface area contributed by atoms with E-state index in [-0.39, 0.29) is 17.6 Å². The molecule has 0 aromatic rings.